The van der Waals surface area contributed by atoms with Crippen molar-refractivity contribution in [1.82, 2.24) is 9.88 Å². The van der Waals surface area contributed by atoms with E-state index >= 15 is 0 Å². The SMILES string of the molecule is CC(=O)c1c(C)[nH]c(C(=O)[C@@H](C)N2CCC[C@H](O)C2)c1C. The van der Waals surface area contributed by atoms with Crippen LogP contribution in [-0.4, -0.2) is 51.8 Å². The van der Waals surface area contributed by atoms with Gasteiger partial charge in [-0.1, -0.05) is 0 Å². The number of hydrogen-bond acceptors (Lipinski definition) is 4. The minimum Gasteiger partial charge on any atom is -0.392 e. The van der Waals surface area contributed by atoms with Gasteiger partial charge in [-0.15, -0.1) is 0 Å². The summed E-state index contributed by atoms with van der Waals surface area (Å²) in [4.78, 5) is 29.4. The van der Waals surface area contributed by atoms with Gasteiger partial charge in [-0.05, 0) is 52.6 Å². The van der Waals surface area contributed by atoms with Crippen molar-refractivity contribution in [2.24, 2.45) is 0 Å². The molecular weight excluding hydrogens is 268 g/mol. The van der Waals surface area contributed by atoms with Crippen molar-refractivity contribution in [2.45, 2.75) is 52.7 Å². The van der Waals surface area contributed by atoms with Crippen molar-refractivity contribution in [2.75, 3.05) is 13.1 Å². The highest BCUT2D eigenvalue weighted by molar-refractivity contribution is 6.05. The number of rotatable bonds is 4. The Morgan fingerprint density at radius 3 is 2.57 bits per heavy atom. The van der Waals surface area contributed by atoms with Crippen LogP contribution in [0.2, 0.25) is 0 Å². The first-order valence-electron chi connectivity index (χ1n) is 7.49. The molecule has 0 unspecified atom stereocenters. The summed E-state index contributed by atoms with van der Waals surface area (Å²) in [6, 6.07) is -0.295. The van der Waals surface area contributed by atoms with Crippen LogP contribution in [-0.2, 0) is 0 Å². The van der Waals surface area contributed by atoms with Crippen LogP contribution in [0, 0.1) is 13.8 Å². The van der Waals surface area contributed by atoms with E-state index < -0.39 is 0 Å². The number of aliphatic hydroxyl groups is 1. The molecule has 5 nitrogen and oxygen atoms in total. The molecule has 2 heterocycles. The van der Waals surface area contributed by atoms with Crippen LogP contribution in [0.25, 0.3) is 0 Å². The lowest BCUT2D eigenvalue weighted by Gasteiger charge is -2.33. The molecule has 2 rings (SSSR count). The zero-order valence-electron chi connectivity index (χ0n) is 13.2. The van der Waals surface area contributed by atoms with Crippen molar-refractivity contribution in [3.8, 4) is 0 Å². The van der Waals surface area contributed by atoms with Gasteiger partial charge >= 0.3 is 0 Å². The Morgan fingerprint density at radius 2 is 2.05 bits per heavy atom. The van der Waals surface area contributed by atoms with Gasteiger partial charge in [0.2, 0.25) is 0 Å². The Kier molecular flexibility index (Phi) is 4.64. The van der Waals surface area contributed by atoms with Crippen molar-refractivity contribution < 1.29 is 14.7 Å². The fourth-order valence-corrected chi connectivity index (χ4v) is 3.23. The van der Waals surface area contributed by atoms with Crippen LogP contribution < -0.4 is 0 Å². The molecule has 0 aliphatic carbocycles. The van der Waals surface area contributed by atoms with Gasteiger partial charge < -0.3 is 10.1 Å². The predicted octanol–water partition coefficient (Wildman–Crippen LogP) is 1.86. The third-order valence-corrected chi connectivity index (χ3v) is 4.39. The first-order valence-corrected chi connectivity index (χ1v) is 7.49. The van der Waals surface area contributed by atoms with Crippen molar-refractivity contribution in [1.29, 1.82) is 0 Å². The number of nitrogens with zero attached hydrogens (tertiary/aromatic N) is 1. The van der Waals surface area contributed by atoms with Gasteiger partial charge in [0.25, 0.3) is 0 Å². The van der Waals surface area contributed by atoms with Crippen LogP contribution in [0.5, 0.6) is 0 Å². The molecule has 0 bridgehead atoms. The Hall–Kier alpha value is -1.46. The molecule has 0 radical (unpaired) electrons. The average molecular weight is 292 g/mol. The number of aliphatic hydroxyl groups excluding tert-OH is 1. The molecule has 2 atom stereocenters. The minimum absolute atomic E-state index is 0.0165. The highest BCUT2D eigenvalue weighted by Gasteiger charge is 2.30. The first-order chi connectivity index (χ1) is 9.82. The number of likely N-dealkylation sites (tertiary alicyclic amines) is 1. The molecule has 5 heteroatoms. The van der Waals surface area contributed by atoms with E-state index in [2.05, 4.69) is 4.98 Å². The molecule has 1 aliphatic heterocycles. The third-order valence-electron chi connectivity index (χ3n) is 4.39. The average Bonchev–Trinajstić information content (AvgIpc) is 2.72. The number of piperidine rings is 1. The number of aryl methyl sites for hydroxylation is 1. The van der Waals surface area contributed by atoms with Gasteiger partial charge in [0.15, 0.2) is 11.6 Å². The van der Waals surface area contributed by atoms with E-state index in [1.165, 1.54) is 6.92 Å². The van der Waals surface area contributed by atoms with E-state index in [1.807, 2.05) is 25.7 Å². The van der Waals surface area contributed by atoms with Gasteiger partial charge in [0, 0.05) is 17.8 Å². The summed E-state index contributed by atoms with van der Waals surface area (Å²) in [5, 5.41) is 9.75. The van der Waals surface area contributed by atoms with Gasteiger partial charge in [0.1, 0.15) is 0 Å². The number of β-amino-alcohol motifs (C(OH)–C–C–N with tert-alkyl or cyclic N) is 1. The fraction of sp³-hybridized carbons (Fsp3) is 0.625. The van der Waals surface area contributed by atoms with Crippen LogP contribution in [0.4, 0.5) is 0 Å². The molecule has 21 heavy (non-hydrogen) atoms. The number of aromatic nitrogens is 1. The van der Waals surface area contributed by atoms with Crippen LogP contribution in [0.3, 0.4) is 0 Å². The zero-order chi connectivity index (χ0) is 15.7. The Labute approximate surface area is 125 Å². The molecule has 1 saturated heterocycles. The topological polar surface area (TPSA) is 73.4 Å². The quantitative estimate of drug-likeness (QED) is 0.831. The Balaban J connectivity index is 2.23. The summed E-state index contributed by atoms with van der Waals surface area (Å²) in [5.74, 6) is -0.0430. The lowest BCUT2D eigenvalue weighted by Crippen LogP contribution is -2.47. The van der Waals surface area contributed by atoms with Crippen molar-refractivity contribution in [3.63, 3.8) is 0 Å². The highest BCUT2D eigenvalue weighted by Crippen LogP contribution is 2.22. The van der Waals surface area contributed by atoms with Gasteiger partial charge in [0.05, 0.1) is 17.8 Å². The summed E-state index contributed by atoms with van der Waals surface area (Å²) in [7, 11) is 0. The second kappa shape index (κ2) is 6.12. The number of ketones is 2. The molecule has 1 fully saturated rings. The normalized spacial score (nSPS) is 21.3. The van der Waals surface area contributed by atoms with Crippen molar-refractivity contribution in [3.05, 3.63) is 22.5 Å². The number of hydrogen-bond donors (Lipinski definition) is 2. The van der Waals surface area contributed by atoms with Crippen molar-refractivity contribution >= 4 is 11.6 Å². The van der Waals surface area contributed by atoms with Crippen LogP contribution in [0.1, 0.15) is 58.8 Å². The number of H-pyrrole nitrogens is 1. The van der Waals surface area contributed by atoms with E-state index in [1.54, 1.807) is 0 Å². The van der Waals surface area contributed by atoms with Crippen LogP contribution >= 0.6 is 0 Å². The van der Waals surface area contributed by atoms with Gasteiger partial charge in [-0.25, -0.2) is 0 Å². The first kappa shape index (κ1) is 15.9. The summed E-state index contributed by atoms with van der Waals surface area (Å²) >= 11 is 0. The second-order valence-electron chi connectivity index (χ2n) is 6.01. The molecule has 2 N–H and O–H groups in total. The molecule has 0 amide bonds. The summed E-state index contributed by atoms with van der Waals surface area (Å²) in [6.45, 7) is 8.36. The highest BCUT2D eigenvalue weighted by atomic mass is 16.3. The molecule has 1 aromatic rings. The van der Waals surface area contributed by atoms with E-state index in [9.17, 15) is 14.7 Å². The second-order valence-corrected chi connectivity index (χ2v) is 6.01. The maximum absolute atomic E-state index is 12.7. The van der Waals surface area contributed by atoms with E-state index in [0.29, 0.717) is 17.8 Å². The number of nitrogens with one attached hydrogen (secondary N) is 1. The van der Waals surface area contributed by atoms with E-state index in [0.717, 1.165) is 30.6 Å². The zero-order valence-corrected chi connectivity index (χ0v) is 13.2. The van der Waals surface area contributed by atoms with E-state index in [4.69, 9.17) is 0 Å². The molecule has 116 valence electrons. The maximum Gasteiger partial charge on any atom is 0.196 e. The molecular formula is C16H24N2O3. The molecule has 1 aliphatic rings. The largest absolute Gasteiger partial charge is 0.392 e. The number of carbonyl (C=O) groups excluding carboxylic acids is 2. The monoisotopic (exact) mass is 292 g/mol. The third kappa shape index (κ3) is 3.09. The Bertz CT molecular complexity index is 562. The maximum atomic E-state index is 12.7. The standard InChI is InChI=1S/C16H24N2O3/c1-9-14(12(4)19)10(2)17-15(9)16(21)11(3)18-7-5-6-13(20)8-18/h11,13,17,20H,5-8H2,1-4H3/t11-,13+/m1/s1. The molecule has 1 aromatic heterocycles. The summed E-state index contributed by atoms with van der Waals surface area (Å²) in [5.41, 5.74) is 2.61. The fourth-order valence-electron chi connectivity index (χ4n) is 3.23. The van der Waals surface area contributed by atoms with Gasteiger partial charge in [-0.2, -0.15) is 0 Å². The molecule has 0 aromatic carbocycles. The lowest BCUT2D eigenvalue weighted by atomic mass is 10.00. The van der Waals surface area contributed by atoms with E-state index in [-0.39, 0.29) is 23.7 Å². The predicted molar refractivity (Wildman–Crippen MR) is 80.9 cm³/mol. The number of aromatic amines is 1. The van der Waals surface area contributed by atoms with Gasteiger partial charge in [-0.3, -0.25) is 14.5 Å². The Morgan fingerprint density at radius 1 is 1.38 bits per heavy atom. The smallest absolute Gasteiger partial charge is 0.196 e. The minimum atomic E-state index is -0.353. The number of carbonyl (C=O) groups is 2. The summed E-state index contributed by atoms with van der Waals surface area (Å²) < 4.78 is 0. The van der Waals surface area contributed by atoms with Crippen LogP contribution in [0.15, 0.2) is 0 Å². The lowest BCUT2D eigenvalue weighted by molar-refractivity contribution is 0.0452. The molecule has 0 saturated carbocycles. The number of Topliss-reactive ketones (excluding diaryl/α,β-unsaturated/α-hetero) is 2. The molecule has 0 spiro atoms. The summed E-state index contributed by atoms with van der Waals surface area (Å²) in [6.07, 6.45) is 1.35.